The highest BCUT2D eigenvalue weighted by molar-refractivity contribution is 5.97. The summed E-state index contributed by atoms with van der Waals surface area (Å²) >= 11 is 0. The Hall–Kier alpha value is -3.16. The van der Waals surface area contributed by atoms with Crippen molar-refractivity contribution in [3.63, 3.8) is 0 Å². The van der Waals surface area contributed by atoms with Gasteiger partial charge in [-0.1, -0.05) is 24.3 Å². The number of nitrogens with one attached hydrogen (secondary N) is 3. The van der Waals surface area contributed by atoms with E-state index in [-0.39, 0.29) is 11.0 Å². The van der Waals surface area contributed by atoms with E-state index in [9.17, 15) is 9.59 Å². The average molecular weight is 435 g/mol. The molecule has 0 saturated carbocycles. The minimum Gasteiger partial charge on any atom is -0.494 e. The van der Waals surface area contributed by atoms with Gasteiger partial charge in [0.2, 0.25) is 5.43 Å². The first-order valence-corrected chi connectivity index (χ1v) is 11.1. The number of pyridine rings is 1. The zero-order chi connectivity index (χ0) is 22.5. The number of ether oxygens (including phenoxy) is 1. The van der Waals surface area contributed by atoms with E-state index in [0.29, 0.717) is 35.8 Å². The van der Waals surface area contributed by atoms with Gasteiger partial charge in [0.05, 0.1) is 6.61 Å². The second kappa shape index (κ2) is 9.97. The van der Waals surface area contributed by atoms with Crippen molar-refractivity contribution in [1.29, 1.82) is 0 Å². The highest BCUT2D eigenvalue weighted by Crippen LogP contribution is 2.17. The van der Waals surface area contributed by atoms with Crippen molar-refractivity contribution in [2.75, 3.05) is 26.2 Å². The fourth-order valence-corrected chi connectivity index (χ4v) is 4.02. The molecule has 7 heteroatoms. The fraction of sp³-hybridized carbons (Fsp3) is 0.360. The fourth-order valence-electron chi connectivity index (χ4n) is 4.02. The van der Waals surface area contributed by atoms with Gasteiger partial charge in [-0.15, -0.1) is 0 Å². The molecule has 0 bridgehead atoms. The maximum absolute atomic E-state index is 12.9. The number of aromatic nitrogens is 1. The molecule has 1 aliphatic heterocycles. The van der Waals surface area contributed by atoms with Crippen LogP contribution >= 0.6 is 0 Å². The van der Waals surface area contributed by atoms with E-state index in [0.717, 1.165) is 31.7 Å². The predicted octanol–water partition coefficient (Wildman–Crippen LogP) is 2.65. The molecule has 168 valence electrons. The number of piperazine rings is 1. The Morgan fingerprint density at radius 2 is 1.97 bits per heavy atom. The third-order valence-corrected chi connectivity index (χ3v) is 5.91. The molecule has 32 heavy (non-hydrogen) atoms. The van der Waals surface area contributed by atoms with Crippen LogP contribution in [0.1, 0.15) is 35.3 Å². The molecule has 1 amide bonds. The van der Waals surface area contributed by atoms with Gasteiger partial charge >= 0.3 is 0 Å². The summed E-state index contributed by atoms with van der Waals surface area (Å²) in [4.78, 5) is 31.0. The summed E-state index contributed by atoms with van der Waals surface area (Å²) < 4.78 is 5.48. The second-order valence-electron chi connectivity index (χ2n) is 8.19. The van der Waals surface area contributed by atoms with Gasteiger partial charge in [-0.3, -0.25) is 14.5 Å². The van der Waals surface area contributed by atoms with Crippen molar-refractivity contribution >= 4 is 16.8 Å². The van der Waals surface area contributed by atoms with Crippen LogP contribution in [0.5, 0.6) is 5.75 Å². The molecule has 1 saturated heterocycles. The first-order valence-electron chi connectivity index (χ1n) is 11.1. The number of aromatic amines is 1. The minimum absolute atomic E-state index is 0.0930. The molecule has 1 aromatic heterocycles. The molecule has 2 heterocycles. The monoisotopic (exact) mass is 434 g/mol. The Kier molecular flexibility index (Phi) is 6.87. The summed E-state index contributed by atoms with van der Waals surface area (Å²) in [5.41, 5.74) is 2.70. The van der Waals surface area contributed by atoms with Crippen LogP contribution in [0.3, 0.4) is 0 Å². The van der Waals surface area contributed by atoms with E-state index in [4.69, 9.17) is 4.74 Å². The largest absolute Gasteiger partial charge is 0.494 e. The third kappa shape index (κ3) is 5.00. The van der Waals surface area contributed by atoms with E-state index in [1.807, 2.05) is 19.1 Å². The molecule has 1 atom stereocenters. The minimum atomic E-state index is -0.395. The molecule has 3 aromatic rings. The van der Waals surface area contributed by atoms with Crippen LogP contribution in [0.4, 0.5) is 0 Å². The maximum atomic E-state index is 12.9. The standard InChI is InChI=1S/C25H30N4O3/c1-3-32-20-8-9-23-21(12-20)24(30)22(15-27-23)25(31)28-14-18-4-6-19(7-5-18)16-29-11-10-26-13-17(29)2/h4-9,12,15,17,26H,3,10-11,13-14,16H2,1-2H3,(H,27,30)(H,28,31). The lowest BCUT2D eigenvalue weighted by molar-refractivity contribution is 0.0949. The van der Waals surface area contributed by atoms with Crippen LogP contribution < -0.4 is 20.8 Å². The first-order chi connectivity index (χ1) is 15.5. The molecule has 1 fully saturated rings. The van der Waals surface area contributed by atoms with Crippen LogP contribution in [0.25, 0.3) is 10.9 Å². The number of hydrogen-bond acceptors (Lipinski definition) is 5. The molecule has 1 aliphatic rings. The number of H-pyrrole nitrogens is 1. The van der Waals surface area contributed by atoms with Crippen molar-refractivity contribution in [2.24, 2.45) is 0 Å². The number of carbonyl (C=O) groups excluding carboxylic acids is 1. The number of hydrogen-bond donors (Lipinski definition) is 3. The van der Waals surface area contributed by atoms with Gasteiger partial charge in [0, 0.05) is 55.9 Å². The van der Waals surface area contributed by atoms with E-state index in [2.05, 4.69) is 39.6 Å². The lowest BCUT2D eigenvalue weighted by Crippen LogP contribution is -2.49. The molecular formula is C25H30N4O3. The summed E-state index contributed by atoms with van der Waals surface area (Å²) in [6.45, 7) is 9.01. The molecule has 0 radical (unpaired) electrons. The lowest BCUT2D eigenvalue weighted by atomic mass is 10.1. The zero-order valence-electron chi connectivity index (χ0n) is 18.6. The van der Waals surface area contributed by atoms with Crippen LogP contribution in [0, 0.1) is 0 Å². The van der Waals surface area contributed by atoms with Crippen LogP contribution in [-0.2, 0) is 13.1 Å². The van der Waals surface area contributed by atoms with Gasteiger partial charge in [-0.25, -0.2) is 0 Å². The third-order valence-electron chi connectivity index (χ3n) is 5.91. The number of carbonyl (C=O) groups is 1. The Morgan fingerprint density at radius 1 is 1.19 bits per heavy atom. The molecule has 3 N–H and O–H groups in total. The topological polar surface area (TPSA) is 86.5 Å². The smallest absolute Gasteiger partial charge is 0.257 e. The highest BCUT2D eigenvalue weighted by atomic mass is 16.5. The Morgan fingerprint density at radius 3 is 2.72 bits per heavy atom. The molecule has 1 unspecified atom stereocenters. The molecular weight excluding hydrogens is 404 g/mol. The molecule has 0 aliphatic carbocycles. The summed E-state index contributed by atoms with van der Waals surface area (Å²) in [5.74, 6) is 0.215. The number of amides is 1. The van der Waals surface area contributed by atoms with Gasteiger partial charge in [0.1, 0.15) is 11.3 Å². The number of nitrogens with zero attached hydrogens (tertiary/aromatic N) is 1. The maximum Gasteiger partial charge on any atom is 0.257 e. The number of rotatable bonds is 7. The molecule has 2 aromatic carbocycles. The molecule has 0 spiro atoms. The average Bonchev–Trinajstić information content (AvgIpc) is 2.81. The molecule has 7 nitrogen and oxygen atoms in total. The van der Waals surface area contributed by atoms with Crippen molar-refractivity contribution in [3.05, 3.63) is 75.6 Å². The van der Waals surface area contributed by atoms with Gasteiger partial charge in [0.25, 0.3) is 5.91 Å². The van der Waals surface area contributed by atoms with Gasteiger partial charge in [-0.05, 0) is 43.2 Å². The van der Waals surface area contributed by atoms with Crippen molar-refractivity contribution in [1.82, 2.24) is 20.5 Å². The van der Waals surface area contributed by atoms with E-state index in [1.54, 1.807) is 18.2 Å². The SMILES string of the molecule is CCOc1ccc2[nH]cc(C(=O)NCc3ccc(CN4CCNCC4C)cc3)c(=O)c2c1. The summed E-state index contributed by atoms with van der Waals surface area (Å²) in [6, 6.07) is 14.0. The van der Waals surface area contributed by atoms with Crippen molar-refractivity contribution < 1.29 is 9.53 Å². The Balaban J connectivity index is 1.40. The zero-order valence-corrected chi connectivity index (χ0v) is 18.6. The summed E-state index contributed by atoms with van der Waals surface area (Å²) in [5, 5.41) is 6.71. The Bertz CT molecular complexity index is 1140. The van der Waals surface area contributed by atoms with Crippen molar-refractivity contribution in [2.45, 2.75) is 33.0 Å². The normalized spacial score (nSPS) is 16.8. The highest BCUT2D eigenvalue weighted by Gasteiger charge is 2.18. The van der Waals surface area contributed by atoms with Gasteiger partial charge < -0.3 is 20.4 Å². The van der Waals surface area contributed by atoms with Crippen LogP contribution in [-0.4, -0.2) is 48.1 Å². The van der Waals surface area contributed by atoms with E-state index < -0.39 is 5.91 Å². The molecule has 4 rings (SSSR count). The summed E-state index contributed by atoms with van der Waals surface area (Å²) in [6.07, 6.45) is 1.47. The quantitative estimate of drug-likeness (QED) is 0.532. The number of benzene rings is 2. The summed E-state index contributed by atoms with van der Waals surface area (Å²) in [7, 11) is 0. The van der Waals surface area contributed by atoms with Crippen LogP contribution in [0.2, 0.25) is 0 Å². The van der Waals surface area contributed by atoms with Crippen LogP contribution in [0.15, 0.2) is 53.5 Å². The first kappa shape index (κ1) is 22.0. The Labute approximate surface area is 187 Å². The van der Waals surface area contributed by atoms with E-state index >= 15 is 0 Å². The predicted molar refractivity (Wildman–Crippen MR) is 126 cm³/mol. The second-order valence-corrected chi connectivity index (χ2v) is 8.19. The van der Waals surface area contributed by atoms with E-state index in [1.165, 1.54) is 11.8 Å². The van der Waals surface area contributed by atoms with Crippen molar-refractivity contribution in [3.8, 4) is 5.75 Å². The number of fused-ring (bicyclic) bond motifs is 1. The van der Waals surface area contributed by atoms with Gasteiger partial charge in [0.15, 0.2) is 0 Å². The van der Waals surface area contributed by atoms with Gasteiger partial charge in [-0.2, -0.15) is 0 Å². The lowest BCUT2D eigenvalue weighted by Gasteiger charge is -2.33.